The van der Waals surface area contributed by atoms with Crippen LogP contribution in [0.15, 0.2) is 53.4 Å². The van der Waals surface area contributed by atoms with Crippen LogP contribution >= 0.6 is 11.6 Å². The Bertz CT molecular complexity index is 880. The Hall–Kier alpha value is -1.89. The molecule has 1 heterocycles. The SMILES string of the molecule is CCc1ccc(NC(=O)[C@@H]2CCCN2S(=O)(=O)c2ccc(Cl)cc2)cc1. The zero-order valence-corrected chi connectivity index (χ0v) is 16.1. The van der Waals surface area contributed by atoms with Crippen LogP contribution in [0.1, 0.15) is 25.3 Å². The zero-order chi connectivity index (χ0) is 18.7. The lowest BCUT2D eigenvalue weighted by Crippen LogP contribution is -2.43. The van der Waals surface area contributed by atoms with Crippen LogP contribution in [-0.2, 0) is 21.2 Å². The Morgan fingerprint density at radius 3 is 2.42 bits per heavy atom. The number of sulfonamides is 1. The molecule has 0 radical (unpaired) electrons. The summed E-state index contributed by atoms with van der Waals surface area (Å²) in [7, 11) is -3.74. The molecule has 2 aromatic rings. The first-order valence-corrected chi connectivity index (χ1v) is 10.4. The second-order valence-corrected chi connectivity index (χ2v) is 8.59. The molecule has 0 spiro atoms. The second-order valence-electron chi connectivity index (χ2n) is 6.27. The molecule has 26 heavy (non-hydrogen) atoms. The van der Waals surface area contributed by atoms with E-state index in [9.17, 15) is 13.2 Å². The molecule has 0 bridgehead atoms. The summed E-state index contributed by atoms with van der Waals surface area (Å²) in [5.74, 6) is -0.302. The van der Waals surface area contributed by atoms with Gasteiger partial charge in [0.1, 0.15) is 6.04 Å². The van der Waals surface area contributed by atoms with E-state index in [1.54, 1.807) is 0 Å². The normalized spacial score (nSPS) is 18.0. The molecule has 1 aliphatic rings. The van der Waals surface area contributed by atoms with Gasteiger partial charge in [0, 0.05) is 17.3 Å². The van der Waals surface area contributed by atoms with Gasteiger partial charge in [0.15, 0.2) is 0 Å². The van der Waals surface area contributed by atoms with Crippen molar-refractivity contribution >= 4 is 33.2 Å². The van der Waals surface area contributed by atoms with E-state index in [-0.39, 0.29) is 10.8 Å². The fourth-order valence-corrected chi connectivity index (χ4v) is 4.86. The monoisotopic (exact) mass is 392 g/mol. The summed E-state index contributed by atoms with van der Waals surface area (Å²) >= 11 is 5.84. The van der Waals surface area contributed by atoms with Gasteiger partial charge < -0.3 is 5.32 Å². The maximum atomic E-state index is 12.9. The Morgan fingerprint density at radius 1 is 1.15 bits per heavy atom. The van der Waals surface area contributed by atoms with Crippen LogP contribution in [0, 0.1) is 0 Å². The predicted octanol–water partition coefficient (Wildman–Crippen LogP) is 3.69. The lowest BCUT2D eigenvalue weighted by atomic mass is 10.1. The topological polar surface area (TPSA) is 66.5 Å². The third-order valence-corrected chi connectivity index (χ3v) is 6.73. The predicted molar refractivity (Wildman–Crippen MR) is 103 cm³/mol. The molecular weight excluding hydrogens is 372 g/mol. The third kappa shape index (κ3) is 3.92. The Morgan fingerprint density at radius 2 is 1.81 bits per heavy atom. The van der Waals surface area contributed by atoms with Gasteiger partial charge in [-0.1, -0.05) is 30.7 Å². The Labute approximate surface area is 159 Å². The average molecular weight is 393 g/mol. The van der Waals surface area contributed by atoms with Gasteiger partial charge in [0.2, 0.25) is 15.9 Å². The largest absolute Gasteiger partial charge is 0.325 e. The van der Waals surface area contributed by atoms with Crippen molar-refractivity contribution in [3.05, 3.63) is 59.1 Å². The molecule has 5 nitrogen and oxygen atoms in total. The first kappa shape index (κ1) is 18.9. The van der Waals surface area contributed by atoms with Crippen molar-refractivity contribution in [2.24, 2.45) is 0 Å². The van der Waals surface area contributed by atoms with Crippen LogP contribution in [0.25, 0.3) is 0 Å². The molecule has 3 rings (SSSR count). The standard InChI is InChI=1S/C19H21ClN2O3S/c1-2-14-5-9-16(10-6-14)21-19(23)18-4-3-13-22(18)26(24,25)17-11-7-15(20)8-12-17/h5-12,18H,2-4,13H2,1H3,(H,21,23)/t18-/m0/s1. The minimum atomic E-state index is -3.74. The summed E-state index contributed by atoms with van der Waals surface area (Å²) < 4.78 is 27.1. The van der Waals surface area contributed by atoms with Crippen molar-refractivity contribution in [2.75, 3.05) is 11.9 Å². The molecule has 1 N–H and O–H groups in total. The highest BCUT2D eigenvalue weighted by Gasteiger charge is 2.39. The van der Waals surface area contributed by atoms with E-state index in [1.165, 1.54) is 34.1 Å². The minimum Gasteiger partial charge on any atom is -0.325 e. The first-order valence-electron chi connectivity index (χ1n) is 8.59. The average Bonchev–Trinajstić information content (AvgIpc) is 3.13. The number of nitrogens with one attached hydrogen (secondary N) is 1. The number of anilines is 1. The highest BCUT2D eigenvalue weighted by Crippen LogP contribution is 2.27. The van der Waals surface area contributed by atoms with E-state index in [4.69, 9.17) is 11.6 Å². The van der Waals surface area contributed by atoms with Crippen LogP contribution in [0.2, 0.25) is 5.02 Å². The summed E-state index contributed by atoms with van der Waals surface area (Å²) in [5.41, 5.74) is 1.85. The molecule has 1 fully saturated rings. The lowest BCUT2D eigenvalue weighted by Gasteiger charge is -2.23. The maximum absolute atomic E-state index is 12.9. The van der Waals surface area contributed by atoms with E-state index in [1.807, 2.05) is 24.3 Å². The van der Waals surface area contributed by atoms with Gasteiger partial charge >= 0.3 is 0 Å². The van der Waals surface area contributed by atoms with Gasteiger partial charge in [0.05, 0.1) is 4.90 Å². The van der Waals surface area contributed by atoms with Gasteiger partial charge in [0.25, 0.3) is 0 Å². The highest BCUT2D eigenvalue weighted by atomic mass is 35.5. The van der Waals surface area contributed by atoms with Crippen LogP contribution < -0.4 is 5.32 Å². The van der Waals surface area contributed by atoms with E-state index >= 15 is 0 Å². The number of nitrogens with zero attached hydrogens (tertiary/aromatic N) is 1. The van der Waals surface area contributed by atoms with Crippen molar-refractivity contribution in [2.45, 2.75) is 37.1 Å². The summed E-state index contributed by atoms with van der Waals surface area (Å²) in [6, 6.07) is 12.9. The van der Waals surface area contributed by atoms with Crippen molar-refractivity contribution in [1.82, 2.24) is 4.31 Å². The summed E-state index contributed by atoms with van der Waals surface area (Å²) in [4.78, 5) is 12.8. The quantitative estimate of drug-likeness (QED) is 0.843. The first-order chi connectivity index (χ1) is 12.4. The number of hydrogen-bond acceptors (Lipinski definition) is 3. The van der Waals surface area contributed by atoms with Crippen molar-refractivity contribution in [3.8, 4) is 0 Å². The van der Waals surface area contributed by atoms with Crippen molar-refractivity contribution in [1.29, 1.82) is 0 Å². The second kappa shape index (κ2) is 7.78. The summed E-state index contributed by atoms with van der Waals surface area (Å²) in [6.45, 7) is 2.39. The highest BCUT2D eigenvalue weighted by molar-refractivity contribution is 7.89. The zero-order valence-electron chi connectivity index (χ0n) is 14.5. The molecule has 1 atom stereocenters. The van der Waals surface area contributed by atoms with Crippen LogP contribution in [0.4, 0.5) is 5.69 Å². The van der Waals surface area contributed by atoms with Gasteiger partial charge in [-0.3, -0.25) is 4.79 Å². The molecule has 0 unspecified atom stereocenters. The van der Waals surface area contributed by atoms with Crippen LogP contribution in [-0.4, -0.2) is 31.2 Å². The maximum Gasteiger partial charge on any atom is 0.243 e. The van der Waals surface area contributed by atoms with Gasteiger partial charge in [-0.2, -0.15) is 4.31 Å². The van der Waals surface area contributed by atoms with Crippen molar-refractivity contribution in [3.63, 3.8) is 0 Å². The molecule has 1 amide bonds. The minimum absolute atomic E-state index is 0.147. The third-order valence-electron chi connectivity index (χ3n) is 4.56. The smallest absolute Gasteiger partial charge is 0.243 e. The van der Waals surface area contributed by atoms with E-state index in [0.29, 0.717) is 30.1 Å². The number of carbonyl (C=O) groups excluding carboxylic acids is 1. The van der Waals surface area contributed by atoms with Crippen molar-refractivity contribution < 1.29 is 13.2 Å². The molecule has 1 aliphatic heterocycles. The fourth-order valence-electron chi connectivity index (χ4n) is 3.08. The van der Waals surface area contributed by atoms with Gasteiger partial charge in [-0.05, 0) is 61.2 Å². The fraction of sp³-hybridized carbons (Fsp3) is 0.316. The molecule has 0 aliphatic carbocycles. The number of rotatable bonds is 5. The number of benzene rings is 2. The van der Waals surface area contributed by atoms with Gasteiger partial charge in [-0.15, -0.1) is 0 Å². The van der Waals surface area contributed by atoms with E-state index < -0.39 is 16.1 Å². The Kier molecular flexibility index (Phi) is 5.65. The van der Waals surface area contributed by atoms with Gasteiger partial charge in [-0.25, -0.2) is 8.42 Å². The number of aryl methyl sites for hydroxylation is 1. The molecule has 0 saturated carbocycles. The number of hydrogen-bond donors (Lipinski definition) is 1. The molecular formula is C19H21ClN2O3S. The Balaban J connectivity index is 1.78. The molecule has 1 saturated heterocycles. The molecule has 2 aromatic carbocycles. The number of amides is 1. The summed E-state index contributed by atoms with van der Waals surface area (Å²) in [5, 5.41) is 3.30. The lowest BCUT2D eigenvalue weighted by molar-refractivity contribution is -0.119. The van der Waals surface area contributed by atoms with Crippen LogP contribution in [0.5, 0.6) is 0 Å². The molecule has 138 valence electrons. The number of carbonyl (C=O) groups is 1. The summed E-state index contributed by atoms with van der Waals surface area (Å²) in [6.07, 6.45) is 2.08. The van der Waals surface area contributed by atoms with Crippen LogP contribution in [0.3, 0.4) is 0 Å². The van der Waals surface area contributed by atoms with E-state index in [0.717, 1.165) is 6.42 Å². The molecule has 0 aromatic heterocycles. The van der Waals surface area contributed by atoms with E-state index in [2.05, 4.69) is 12.2 Å². The number of halogens is 1. The molecule has 7 heteroatoms.